The second kappa shape index (κ2) is 11.8. The highest BCUT2D eigenvalue weighted by molar-refractivity contribution is 8.00. The number of hydrogen-bond acceptors (Lipinski definition) is 6. The van der Waals surface area contributed by atoms with E-state index in [1.165, 1.54) is 27.6 Å². The Labute approximate surface area is 222 Å². The summed E-state index contributed by atoms with van der Waals surface area (Å²) >= 11 is 1.46. The fraction of sp³-hybridized carbons (Fsp3) is 0.393. The van der Waals surface area contributed by atoms with Gasteiger partial charge in [0.05, 0.1) is 11.9 Å². The van der Waals surface area contributed by atoms with Crippen LogP contribution < -0.4 is 5.32 Å². The van der Waals surface area contributed by atoms with Crippen molar-refractivity contribution in [3.63, 3.8) is 0 Å². The summed E-state index contributed by atoms with van der Waals surface area (Å²) in [6.07, 6.45) is 0.204. The summed E-state index contributed by atoms with van der Waals surface area (Å²) in [5.41, 5.74) is 1.46. The number of nitrogens with zero attached hydrogens (tertiary/aromatic N) is 2. The minimum absolute atomic E-state index is 0.0230. The van der Waals surface area contributed by atoms with Crippen LogP contribution in [0.4, 0.5) is 0 Å². The Hall–Kier alpha value is -3.30. The predicted molar refractivity (Wildman–Crippen MR) is 145 cm³/mol. The molecule has 0 bridgehead atoms. The van der Waals surface area contributed by atoms with Gasteiger partial charge in [-0.1, -0.05) is 42.5 Å². The maximum atomic E-state index is 13.7. The summed E-state index contributed by atoms with van der Waals surface area (Å²) in [6.45, 7) is 9.43. The first-order chi connectivity index (χ1) is 17.5. The molecule has 3 amide bonds. The molecule has 9 heteroatoms. The highest BCUT2D eigenvalue weighted by atomic mass is 32.2. The molecule has 1 heterocycles. The van der Waals surface area contributed by atoms with Crippen LogP contribution in [0.3, 0.4) is 0 Å². The molecule has 37 heavy (non-hydrogen) atoms. The topological polar surface area (TPSA) is 110 Å². The van der Waals surface area contributed by atoms with Gasteiger partial charge in [-0.2, -0.15) is 0 Å². The molecule has 198 valence electrons. The zero-order valence-corrected chi connectivity index (χ0v) is 22.5. The van der Waals surface area contributed by atoms with E-state index in [2.05, 4.69) is 11.9 Å². The molecule has 1 saturated heterocycles. The number of aliphatic hydroxyl groups is 1. The van der Waals surface area contributed by atoms with Gasteiger partial charge in [-0.15, -0.1) is 18.3 Å². The number of rotatable bonds is 9. The van der Waals surface area contributed by atoms with E-state index in [9.17, 15) is 24.6 Å². The van der Waals surface area contributed by atoms with Gasteiger partial charge in [-0.3, -0.25) is 14.4 Å². The van der Waals surface area contributed by atoms with Gasteiger partial charge in [-0.05, 0) is 44.9 Å². The molecule has 3 rings (SSSR count). The molecule has 0 aromatic heterocycles. The third-order valence-electron chi connectivity index (χ3n) is 6.64. The van der Waals surface area contributed by atoms with E-state index in [4.69, 9.17) is 0 Å². The van der Waals surface area contributed by atoms with Crippen molar-refractivity contribution in [1.82, 2.24) is 15.1 Å². The Morgan fingerprint density at radius 1 is 1.22 bits per heavy atom. The summed E-state index contributed by atoms with van der Waals surface area (Å²) in [5.74, 6) is -1.17. The highest BCUT2D eigenvalue weighted by Gasteiger charge is 2.50. The van der Waals surface area contributed by atoms with Crippen LogP contribution in [0.2, 0.25) is 0 Å². The molecular weight excluding hydrogens is 490 g/mol. The van der Waals surface area contributed by atoms with E-state index in [0.29, 0.717) is 12.1 Å². The first-order valence-electron chi connectivity index (χ1n) is 12.1. The van der Waals surface area contributed by atoms with Crippen molar-refractivity contribution in [2.24, 2.45) is 0 Å². The number of hydrogen-bond donors (Lipinski definition) is 3. The Balaban J connectivity index is 1.90. The quantitative estimate of drug-likeness (QED) is 0.435. The molecule has 2 aromatic carbocycles. The van der Waals surface area contributed by atoms with E-state index in [1.807, 2.05) is 44.2 Å². The molecule has 1 aliphatic heterocycles. The third kappa shape index (κ3) is 6.34. The number of aromatic hydroxyl groups is 1. The van der Waals surface area contributed by atoms with Crippen LogP contribution in [0.15, 0.2) is 61.2 Å². The zero-order valence-electron chi connectivity index (χ0n) is 21.7. The summed E-state index contributed by atoms with van der Waals surface area (Å²) in [6, 6.07) is 12.1. The Bertz CT molecular complexity index is 1150. The summed E-state index contributed by atoms with van der Waals surface area (Å²) in [4.78, 5) is 43.0. The van der Waals surface area contributed by atoms with Crippen molar-refractivity contribution in [3.8, 4) is 5.75 Å². The lowest BCUT2D eigenvalue weighted by Gasteiger charge is -2.35. The lowest BCUT2D eigenvalue weighted by Crippen LogP contribution is -2.58. The van der Waals surface area contributed by atoms with Crippen LogP contribution >= 0.6 is 11.8 Å². The van der Waals surface area contributed by atoms with Crippen LogP contribution in [-0.4, -0.2) is 80.1 Å². The number of nitrogens with one attached hydrogen (secondary N) is 1. The van der Waals surface area contributed by atoms with Gasteiger partial charge < -0.3 is 25.3 Å². The molecule has 1 aliphatic rings. The van der Waals surface area contributed by atoms with E-state index in [0.717, 1.165) is 5.56 Å². The largest absolute Gasteiger partial charge is 0.508 e. The van der Waals surface area contributed by atoms with Gasteiger partial charge in [0, 0.05) is 29.5 Å². The van der Waals surface area contributed by atoms with Crippen molar-refractivity contribution in [2.75, 3.05) is 19.5 Å². The molecule has 3 atom stereocenters. The summed E-state index contributed by atoms with van der Waals surface area (Å²) in [7, 11) is 1.65. The molecule has 0 radical (unpaired) electrons. The van der Waals surface area contributed by atoms with Crippen molar-refractivity contribution in [1.29, 1.82) is 0 Å². The number of phenolic OH excluding ortho intramolecular Hbond substituents is 1. The SMILES string of the molecule is C=CCN(C)C(=O)[C@H]1N(C(=O)[C@@H](O)C(Cc2ccccc2)NC(=O)c2cccc(O)c2C)CSC1(C)C. The lowest BCUT2D eigenvalue weighted by atomic mass is 9.96. The maximum Gasteiger partial charge on any atom is 0.254 e. The van der Waals surface area contributed by atoms with Gasteiger partial charge in [-0.25, -0.2) is 0 Å². The number of phenols is 1. The van der Waals surface area contributed by atoms with Gasteiger partial charge in [0.1, 0.15) is 11.8 Å². The lowest BCUT2D eigenvalue weighted by molar-refractivity contribution is -0.150. The van der Waals surface area contributed by atoms with E-state index >= 15 is 0 Å². The molecule has 0 spiro atoms. The van der Waals surface area contributed by atoms with Crippen LogP contribution in [0.5, 0.6) is 5.75 Å². The first-order valence-corrected chi connectivity index (χ1v) is 13.1. The van der Waals surface area contributed by atoms with Crippen LogP contribution in [-0.2, 0) is 16.0 Å². The van der Waals surface area contributed by atoms with E-state index in [-0.39, 0.29) is 29.5 Å². The second-order valence-electron chi connectivity index (χ2n) is 9.76. The Morgan fingerprint density at radius 3 is 2.54 bits per heavy atom. The molecule has 8 nitrogen and oxygen atoms in total. The molecule has 0 aliphatic carbocycles. The summed E-state index contributed by atoms with van der Waals surface area (Å²) < 4.78 is -0.571. The number of carbonyl (C=O) groups is 3. The van der Waals surface area contributed by atoms with Crippen LogP contribution in [0.1, 0.15) is 35.3 Å². The zero-order chi connectivity index (χ0) is 27.3. The average Bonchev–Trinajstić information content (AvgIpc) is 3.19. The highest BCUT2D eigenvalue weighted by Crippen LogP contribution is 2.40. The average molecular weight is 526 g/mol. The number of likely N-dealkylation sites (N-methyl/N-ethyl adjacent to an activating group) is 1. The van der Waals surface area contributed by atoms with Gasteiger partial charge in [0.2, 0.25) is 5.91 Å². The Morgan fingerprint density at radius 2 is 1.89 bits per heavy atom. The third-order valence-corrected chi connectivity index (χ3v) is 8.02. The molecular formula is C28H35N3O5S. The maximum absolute atomic E-state index is 13.7. The summed E-state index contributed by atoms with van der Waals surface area (Å²) in [5, 5.41) is 24.2. The predicted octanol–water partition coefficient (Wildman–Crippen LogP) is 2.73. The number of thioether (sulfide) groups is 1. The Kier molecular flexibility index (Phi) is 9.04. The first kappa shape index (κ1) is 28.3. The molecule has 2 aromatic rings. The van der Waals surface area contributed by atoms with Crippen molar-refractivity contribution in [2.45, 2.75) is 50.1 Å². The van der Waals surface area contributed by atoms with Gasteiger partial charge in [0.25, 0.3) is 11.8 Å². The molecule has 3 N–H and O–H groups in total. The van der Waals surface area contributed by atoms with Crippen LogP contribution in [0, 0.1) is 6.92 Å². The fourth-order valence-electron chi connectivity index (χ4n) is 4.45. The number of benzene rings is 2. The van der Waals surface area contributed by atoms with Gasteiger partial charge >= 0.3 is 0 Å². The molecule has 1 unspecified atom stereocenters. The van der Waals surface area contributed by atoms with Crippen molar-refractivity contribution < 1.29 is 24.6 Å². The van der Waals surface area contributed by atoms with E-state index in [1.54, 1.807) is 32.2 Å². The van der Waals surface area contributed by atoms with E-state index < -0.39 is 34.7 Å². The fourth-order valence-corrected chi connectivity index (χ4v) is 5.58. The minimum atomic E-state index is -1.60. The monoisotopic (exact) mass is 525 g/mol. The number of carbonyl (C=O) groups excluding carboxylic acids is 3. The minimum Gasteiger partial charge on any atom is -0.508 e. The normalized spacial score (nSPS) is 18.1. The smallest absolute Gasteiger partial charge is 0.254 e. The number of amides is 3. The van der Waals surface area contributed by atoms with Crippen LogP contribution in [0.25, 0.3) is 0 Å². The second-order valence-corrected chi connectivity index (χ2v) is 11.4. The standard InChI is InChI=1S/C28H35N3O5S/c1-6-15-30(5)27(36)24-28(3,4)37-17-31(24)26(35)23(33)21(16-19-11-8-7-9-12-19)29-25(34)20-13-10-14-22(32)18(20)2/h6-14,21,23-24,32-33H,1,15-17H2,2-5H3,(H,29,34)/t21?,23-,24+/m0/s1. The van der Waals surface area contributed by atoms with Crippen molar-refractivity contribution in [3.05, 3.63) is 77.9 Å². The van der Waals surface area contributed by atoms with Crippen molar-refractivity contribution >= 4 is 29.5 Å². The van der Waals surface area contributed by atoms with Gasteiger partial charge in [0.15, 0.2) is 6.10 Å². The number of aliphatic hydroxyl groups excluding tert-OH is 1. The molecule has 1 fully saturated rings. The molecule has 0 saturated carbocycles.